The maximum atomic E-state index is 13.0. The summed E-state index contributed by atoms with van der Waals surface area (Å²) in [6.45, 7) is 9.20. The Morgan fingerprint density at radius 1 is 0.944 bits per heavy atom. The molecule has 6 nitrogen and oxygen atoms in total. The minimum Gasteiger partial charge on any atom is -0.471 e. The number of rotatable bonds is 6. The van der Waals surface area contributed by atoms with Crippen molar-refractivity contribution in [2.24, 2.45) is 0 Å². The topological polar surface area (TPSA) is 50.6 Å². The van der Waals surface area contributed by atoms with Crippen LogP contribution in [0, 0.1) is 0 Å². The Bertz CT molecular complexity index is 1170. The van der Waals surface area contributed by atoms with Crippen molar-refractivity contribution in [1.29, 1.82) is 0 Å². The lowest BCUT2D eigenvalue weighted by molar-refractivity contribution is -0.137. The molecular weight excluding hydrogens is 469 g/mol. The van der Waals surface area contributed by atoms with E-state index in [0.717, 1.165) is 11.8 Å². The van der Waals surface area contributed by atoms with Gasteiger partial charge >= 0.3 is 6.18 Å². The zero-order chi connectivity index (χ0) is 25.9. The van der Waals surface area contributed by atoms with Gasteiger partial charge in [0.15, 0.2) is 12.4 Å². The Balaban J connectivity index is 1.27. The lowest BCUT2D eigenvalue weighted by atomic mass is 9.87. The molecule has 3 aromatic rings. The zero-order valence-electron chi connectivity index (χ0n) is 20.8. The summed E-state index contributed by atoms with van der Waals surface area (Å²) >= 11 is 0. The second-order valence-corrected chi connectivity index (χ2v) is 10.1. The molecule has 0 spiro atoms. The maximum absolute atomic E-state index is 13.0. The van der Waals surface area contributed by atoms with Gasteiger partial charge in [-0.3, -0.25) is 9.69 Å². The van der Waals surface area contributed by atoms with Crippen LogP contribution in [0.15, 0.2) is 60.8 Å². The fourth-order valence-electron chi connectivity index (χ4n) is 4.11. The van der Waals surface area contributed by atoms with Gasteiger partial charge in [-0.15, -0.1) is 0 Å². The number of ether oxygens (including phenoxy) is 1. The molecule has 9 heteroatoms. The molecule has 0 atom stereocenters. The minimum atomic E-state index is -4.35. The van der Waals surface area contributed by atoms with Crippen molar-refractivity contribution in [2.75, 3.05) is 26.2 Å². The quantitative estimate of drug-likeness (QED) is 0.467. The molecule has 4 rings (SSSR count). The molecule has 1 fully saturated rings. The van der Waals surface area contributed by atoms with Gasteiger partial charge in [0.25, 0.3) is 5.91 Å². The van der Waals surface area contributed by atoms with Crippen LogP contribution in [0.3, 0.4) is 0 Å². The summed E-state index contributed by atoms with van der Waals surface area (Å²) in [4.78, 5) is 16.7. The van der Waals surface area contributed by atoms with Gasteiger partial charge in [0.05, 0.1) is 5.56 Å². The Morgan fingerprint density at radius 2 is 1.64 bits per heavy atom. The van der Waals surface area contributed by atoms with Crippen LogP contribution in [-0.4, -0.2) is 51.7 Å². The van der Waals surface area contributed by atoms with E-state index in [2.05, 4.69) is 30.8 Å². The predicted octanol–water partition coefficient (Wildman–Crippen LogP) is 5.19. The van der Waals surface area contributed by atoms with Gasteiger partial charge < -0.3 is 9.64 Å². The van der Waals surface area contributed by atoms with Gasteiger partial charge in [0.2, 0.25) is 0 Å². The fraction of sp³-hybridized carbons (Fsp3) is 0.407. The Kier molecular flexibility index (Phi) is 7.40. The normalized spacial score (nSPS) is 15.2. The highest BCUT2D eigenvalue weighted by Crippen LogP contribution is 2.30. The average Bonchev–Trinajstić information content (AvgIpc) is 3.31. The number of hydrogen-bond acceptors (Lipinski definition) is 4. The van der Waals surface area contributed by atoms with Crippen molar-refractivity contribution in [3.63, 3.8) is 0 Å². The largest absolute Gasteiger partial charge is 0.471 e. The maximum Gasteiger partial charge on any atom is 0.416 e. The van der Waals surface area contributed by atoms with Crippen LogP contribution in [0.25, 0.3) is 0 Å². The summed E-state index contributed by atoms with van der Waals surface area (Å²) in [5, 5.41) is 4.36. The highest BCUT2D eigenvalue weighted by atomic mass is 19.4. The molecule has 2 heterocycles. The van der Waals surface area contributed by atoms with Crippen LogP contribution in [0.5, 0.6) is 5.75 Å². The van der Waals surface area contributed by atoms with Crippen molar-refractivity contribution >= 4 is 5.91 Å². The lowest BCUT2D eigenvalue weighted by Gasteiger charge is -2.34. The number of nitrogens with zero attached hydrogens (tertiary/aromatic N) is 4. The molecule has 0 unspecified atom stereocenters. The number of alkyl halides is 3. The van der Waals surface area contributed by atoms with Crippen LogP contribution in [0.1, 0.15) is 48.0 Å². The van der Waals surface area contributed by atoms with Crippen LogP contribution < -0.4 is 4.74 Å². The molecule has 1 aliphatic rings. The molecule has 192 valence electrons. The first-order valence-electron chi connectivity index (χ1n) is 11.9. The highest BCUT2D eigenvalue weighted by molar-refractivity contribution is 5.92. The van der Waals surface area contributed by atoms with Crippen molar-refractivity contribution in [2.45, 2.75) is 45.6 Å². The van der Waals surface area contributed by atoms with Crippen LogP contribution in [0.4, 0.5) is 13.2 Å². The van der Waals surface area contributed by atoms with Crippen molar-refractivity contribution in [1.82, 2.24) is 19.6 Å². The third-order valence-electron chi connectivity index (χ3n) is 6.26. The summed E-state index contributed by atoms with van der Waals surface area (Å²) in [7, 11) is 0. The number of aromatic nitrogens is 2. The molecule has 0 aliphatic carbocycles. The summed E-state index contributed by atoms with van der Waals surface area (Å²) < 4.78 is 46.3. The summed E-state index contributed by atoms with van der Waals surface area (Å²) in [5.74, 6) is 0.560. The lowest BCUT2D eigenvalue weighted by Crippen LogP contribution is -2.48. The predicted molar refractivity (Wildman–Crippen MR) is 131 cm³/mol. The molecule has 1 amide bonds. The van der Waals surface area contributed by atoms with Crippen molar-refractivity contribution in [3.05, 3.63) is 83.2 Å². The van der Waals surface area contributed by atoms with Gasteiger partial charge in [0.1, 0.15) is 5.75 Å². The monoisotopic (exact) mass is 500 g/mol. The number of amides is 1. The van der Waals surface area contributed by atoms with Gasteiger partial charge in [-0.05, 0) is 40.8 Å². The standard InChI is InChI=1S/C27H31F3N4O2/c1-26(2,3)21-7-9-23(10-8-21)36-19-34-12-11-24(31-34)25(35)33-15-13-32(14-16-33)18-20-5-4-6-22(17-20)27(28,29)30/h4-12,17H,13-16,18-19H2,1-3H3. The molecule has 0 bridgehead atoms. The number of carbonyl (C=O) groups excluding carboxylic acids is 1. The van der Waals surface area contributed by atoms with Gasteiger partial charge in [-0.2, -0.15) is 18.3 Å². The summed E-state index contributed by atoms with van der Waals surface area (Å²) in [6, 6.07) is 15.0. The van der Waals surface area contributed by atoms with E-state index in [1.807, 2.05) is 24.3 Å². The van der Waals surface area contributed by atoms with Crippen LogP contribution in [-0.2, 0) is 24.9 Å². The van der Waals surface area contributed by atoms with E-state index in [4.69, 9.17) is 4.74 Å². The number of benzene rings is 2. The number of piperazine rings is 1. The second kappa shape index (κ2) is 10.3. The van der Waals surface area contributed by atoms with E-state index in [-0.39, 0.29) is 18.1 Å². The van der Waals surface area contributed by atoms with E-state index < -0.39 is 11.7 Å². The Labute approximate surface area is 209 Å². The smallest absolute Gasteiger partial charge is 0.416 e. The first-order valence-corrected chi connectivity index (χ1v) is 11.9. The highest BCUT2D eigenvalue weighted by Gasteiger charge is 2.30. The third-order valence-corrected chi connectivity index (χ3v) is 6.26. The van der Waals surface area contributed by atoms with E-state index in [1.54, 1.807) is 27.9 Å². The van der Waals surface area contributed by atoms with Crippen molar-refractivity contribution in [3.8, 4) is 5.75 Å². The molecule has 1 saturated heterocycles. The number of hydrogen-bond donors (Lipinski definition) is 0. The Hall–Kier alpha value is -3.33. The van der Waals surface area contributed by atoms with Gasteiger partial charge in [-0.1, -0.05) is 51.1 Å². The molecule has 36 heavy (non-hydrogen) atoms. The zero-order valence-corrected chi connectivity index (χ0v) is 20.8. The van der Waals surface area contributed by atoms with Crippen LogP contribution >= 0.6 is 0 Å². The summed E-state index contributed by atoms with van der Waals surface area (Å²) in [5.41, 5.74) is 1.59. The number of carbonyl (C=O) groups is 1. The molecule has 0 saturated carbocycles. The Morgan fingerprint density at radius 3 is 2.28 bits per heavy atom. The minimum absolute atomic E-state index is 0.0689. The first kappa shape index (κ1) is 25.8. The third kappa shape index (κ3) is 6.46. The van der Waals surface area contributed by atoms with Crippen molar-refractivity contribution < 1.29 is 22.7 Å². The van der Waals surface area contributed by atoms with Crippen LogP contribution in [0.2, 0.25) is 0 Å². The molecule has 0 N–H and O–H groups in total. The number of halogens is 3. The molecular formula is C27H31F3N4O2. The van der Waals surface area contributed by atoms with E-state index in [9.17, 15) is 18.0 Å². The average molecular weight is 501 g/mol. The molecule has 1 aromatic heterocycles. The van der Waals surface area contributed by atoms with E-state index in [0.29, 0.717) is 44.0 Å². The van der Waals surface area contributed by atoms with E-state index >= 15 is 0 Å². The molecule has 2 aromatic carbocycles. The van der Waals surface area contributed by atoms with E-state index in [1.165, 1.54) is 17.7 Å². The fourth-order valence-corrected chi connectivity index (χ4v) is 4.11. The second-order valence-electron chi connectivity index (χ2n) is 10.1. The SMILES string of the molecule is CC(C)(C)c1ccc(OCn2ccc(C(=O)N3CCN(Cc4cccc(C(F)(F)F)c4)CC3)n2)cc1. The molecule has 1 aliphatic heterocycles. The van der Waals surface area contributed by atoms with Gasteiger partial charge in [-0.25, -0.2) is 4.68 Å². The first-order chi connectivity index (χ1) is 17.0. The van der Waals surface area contributed by atoms with Gasteiger partial charge in [0, 0.05) is 38.9 Å². The molecule has 0 radical (unpaired) electrons. The summed E-state index contributed by atoms with van der Waals surface area (Å²) in [6.07, 6.45) is -2.65.